The number of hydrogen-bond donors (Lipinski definition) is 1. The lowest BCUT2D eigenvalue weighted by atomic mass is 10.3. The minimum Gasteiger partial charge on any atom is -0.343 e. The number of aromatic nitrogens is 3. The van der Waals surface area contributed by atoms with Crippen LogP contribution < -0.4 is 0 Å². The zero-order valence-electron chi connectivity index (χ0n) is 11.6. The van der Waals surface area contributed by atoms with Gasteiger partial charge in [-0.1, -0.05) is 6.07 Å². The SMILES string of the molecule is CCN(CC)C(=O)CCn1c(-c2cccs2)n[nH]c1=S. The summed E-state index contributed by atoms with van der Waals surface area (Å²) in [6.45, 7) is 6.01. The van der Waals surface area contributed by atoms with Crippen LogP contribution in [-0.4, -0.2) is 38.7 Å². The normalized spacial score (nSPS) is 10.7. The van der Waals surface area contributed by atoms with Crippen molar-refractivity contribution in [2.24, 2.45) is 0 Å². The van der Waals surface area contributed by atoms with Crippen molar-refractivity contribution in [2.45, 2.75) is 26.8 Å². The lowest BCUT2D eigenvalue weighted by Gasteiger charge is -2.18. The first-order chi connectivity index (χ1) is 9.67. The topological polar surface area (TPSA) is 53.9 Å². The average Bonchev–Trinajstić information content (AvgIpc) is 3.07. The number of rotatable bonds is 6. The molecule has 2 aromatic heterocycles. The fourth-order valence-electron chi connectivity index (χ4n) is 2.06. The summed E-state index contributed by atoms with van der Waals surface area (Å²) in [5.41, 5.74) is 0. The summed E-state index contributed by atoms with van der Waals surface area (Å²) in [6, 6.07) is 3.97. The zero-order valence-corrected chi connectivity index (χ0v) is 13.3. The number of nitrogens with one attached hydrogen (secondary N) is 1. The molecule has 2 rings (SSSR count). The number of thiophene rings is 1. The molecule has 1 N–H and O–H groups in total. The van der Waals surface area contributed by atoms with Gasteiger partial charge >= 0.3 is 0 Å². The molecule has 5 nitrogen and oxygen atoms in total. The summed E-state index contributed by atoms with van der Waals surface area (Å²) >= 11 is 6.85. The Kier molecular flexibility index (Phi) is 5.08. The third-order valence-corrected chi connectivity index (χ3v) is 4.34. The summed E-state index contributed by atoms with van der Waals surface area (Å²) in [5, 5.41) is 9.06. The molecule has 7 heteroatoms. The summed E-state index contributed by atoms with van der Waals surface area (Å²) < 4.78 is 2.45. The van der Waals surface area contributed by atoms with Crippen LogP contribution in [0.5, 0.6) is 0 Å². The van der Waals surface area contributed by atoms with Gasteiger partial charge in [0.15, 0.2) is 10.6 Å². The fraction of sp³-hybridized carbons (Fsp3) is 0.462. The van der Waals surface area contributed by atoms with E-state index in [0.717, 1.165) is 23.8 Å². The molecular weight excluding hydrogens is 292 g/mol. The molecule has 0 fully saturated rings. The molecule has 1 amide bonds. The van der Waals surface area contributed by atoms with Crippen LogP contribution in [0.25, 0.3) is 10.7 Å². The van der Waals surface area contributed by atoms with Gasteiger partial charge in [0.1, 0.15) is 0 Å². The van der Waals surface area contributed by atoms with Crippen molar-refractivity contribution in [1.29, 1.82) is 0 Å². The van der Waals surface area contributed by atoms with E-state index < -0.39 is 0 Å². The van der Waals surface area contributed by atoms with E-state index in [1.165, 1.54) is 0 Å². The number of amides is 1. The molecule has 20 heavy (non-hydrogen) atoms. The largest absolute Gasteiger partial charge is 0.343 e. The molecule has 0 saturated heterocycles. The predicted molar refractivity (Wildman–Crippen MR) is 83.3 cm³/mol. The van der Waals surface area contributed by atoms with Crippen LogP contribution in [0.1, 0.15) is 20.3 Å². The summed E-state index contributed by atoms with van der Waals surface area (Å²) in [7, 11) is 0. The molecule has 0 atom stereocenters. The molecular formula is C13H18N4OS2. The molecule has 0 radical (unpaired) electrons. The number of hydrogen-bond acceptors (Lipinski definition) is 4. The first-order valence-electron chi connectivity index (χ1n) is 6.64. The second-order valence-electron chi connectivity index (χ2n) is 4.30. The average molecular weight is 310 g/mol. The van der Waals surface area contributed by atoms with Gasteiger partial charge in [-0.15, -0.1) is 11.3 Å². The summed E-state index contributed by atoms with van der Waals surface area (Å²) in [6.07, 6.45) is 0.438. The first kappa shape index (κ1) is 14.9. The Hall–Kier alpha value is -1.47. The van der Waals surface area contributed by atoms with Crippen molar-refractivity contribution in [2.75, 3.05) is 13.1 Å². The van der Waals surface area contributed by atoms with E-state index >= 15 is 0 Å². The van der Waals surface area contributed by atoms with E-state index in [1.54, 1.807) is 11.3 Å². The maximum Gasteiger partial charge on any atom is 0.224 e. The molecule has 0 aliphatic rings. The Balaban J connectivity index is 2.13. The van der Waals surface area contributed by atoms with Crippen molar-refractivity contribution >= 4 is 29.5 Å². The maximum absolute atomic E-state index is 12.1. The van der Waals surface area contributed by atoms with Crippen LogP contribution in [0.3, 0.4) is 0 Å². The van der Waals surface area contributed by atoms with Crippen LogP contribution in [-0.2, 0) is 11.3 Å². The fourth-order valence-corrected chi connectivity index (χ4v) is 3.01. The Bertz CT molecular complexity index is 611. The smallest absolute Gasteiger partial charge is 0.224 e. The van der Waals surface area contributed by atoms with Gasteiger partial charge in [-0.25, -0.2) is 0 Å². The van der Waals surface area contributed by atoms with Crippen LogP contribution >= 0.6 is 23.6 Å². The number of carbonyl (C=O) groups excluding carboxylic acids is 1. The highest BCUT2D eigenvalue weighted by Gasteiger charge is 2.13. The van der Waals surface area contributed by atoms with Crippen LogP contribution in [0.2, 0.25) is 0 Å². The number of aromatic amines is 1. The minimum absolute atomic E-state index is 0.148. The van der Waals surface area contributed by atoms with Gasteiger partial charge in [0, 0.05) is 26.1 Å². The highest BCUT2D eigenvalue weighted by molar-refractivity contribution is 7.71. The van der Waals surface area contributed by atoms with E-state index in [1.807, 2.05) is 40.8 Å². The van der Waals surface area contributed by atoms with E-state index in [4.69, 9.17) is 12.2 Å². The van der Waals surface area contributed by atoms with Gasteiger partial charge < -0.3 is 4.90 Å². The molecule has 0 aromatic carbocycles. The molecule has 2 heterocycles. The van der Waals surface area contributed by atoms with Crippen molar-refractivity contribution in [1.82, 2.24) is 19.7 Å². The van der Waals surface area contributed by atoms with Crippen molar-refractivity contribution < 1.29 is 4.79 Å². The molecule has 0 aliphatic carbocycles. The molecule has 0 unspecified atom stereocenters. The third-order valence-electron chi connectivity index (χ3n) is 3.17. The van der Waals surface area contributed by atoms with Gasteiger partial charge in [0.25, 0.3) is 0 Å². The van der Waals surface area contributed by atoms with Crippen LogP contribution in [0.4, 0.5) is 0 Å². The van der Waals surface area contributed by atoms with Crippen LogP contribution in [0, 0.1) is 4.77 Å². The Morgan fingerprint density at radius 2 is 2.25 bits per heavy atom. The second-order valence-corrected chi connectivity index (χ2v) is 5.63. The molecule has 0 aliphatic heterocycles. The standard InChI is InChI=1S/C13H18N4OS2/c1-3-16(4-2)11(18)7-8-17-12(14-15-13(17)19)10-6-5-9-20-10/h5-6,9H,3-4,7-8H2,1-2H3,(H,15,19). The predicted octanol–water partition coefficient (Wildman–Crippen LogP) is 2.93. The Morgan fingerprint density at radius 3 is 2.85 bits per heavy atom. The Morgan fingerprint density at radius 1 is 1.50 bits per heavy atom. The number of carbonyl (C=O) groups is 1. The molecule has 108 valence electrons. The first-order valence-corrected chi connectivity index (χ1v) is 7.93. The van der Waals surface area contributed by atoms with Crippen molar-refractivity contribution in [3.63, 3.8) is 0 Å². The lowest BCUT2D eigenvalue weighted by Crippen LogP contribution is -2.31. The van der Waals surface area contributed by atoms with E-state index in [0.29, 0.717) is 17.7 Å². The number of nitrogens with zero attached hydrogens (tertiary/aromatic N) is 3. The molecule has 2 aromatic rings. The van der Waals surface area contributed by atoms with Crippen molar-refractivity contribution in [3.05, 3.63) is 22.3 Å². The third kappa shape index (κ3) is 3.16. The van der Waals surface area contributed by atoms with E-state index in [-0.39, 0.29) is 5.91 Å². The van der Waals surface area contributed by atoms with Gasteiger partial charge in [0.05, 0.1) is 4.88 Å². The van der Waals surface area contributed by atoms with Gasteiger partial charge in [-0.3, -0.25) is 14.5 Å². The summed E-state index contributed by atoms with van der Waals surface area (Å²) in [4.78, 5) is 14.9. The minimum atomic E-state index is 0.148. The van der Waals surface area contributed by atoms with E-state index in [2.05, 4.69) is 10.2 Å². The molecule has 0 saturated carbocycles. The van der Waals surface area contributed by atoms with Gasteiger partial charge in [0.2, 0.25) is 5.91 Å². The monoisotopic (exact) mass is 310 g/mol. The summed E-state index contributed by atoms with van der Waals surface area (Å²) in [5.74, 6) is 0.951. The maximum atomic E-state index is 12.1. The Labute approximate surface area is 127 Å². The molecule has 0 spiro atoms. The van der Waals surface area contributed by atoms with E-state index in [9.17, 15) is 4.79 Å². The van der Waals surface area contributed by atoms with Gasteiger partial charge in [-0.05, 0) is 37.5 Å². The quantitative estimate of drug-likeness (QED) is 0.835. The number of H-pyrrole nitrogens is 1. The second kappa shape index (κ2) is 6.81. The van der Waals surface area contributed by atoms with Crippen LogP contribution in [0.15, 0.2) is 17.5 Å². The van der Waals surface area contributed by atoms with Crippen molar-refractivity contribution in [3.8, 4) is 10.7 Å². The molecule has 0 bridgehead atoms. The lowest BCUT2D eigenvalue weighted by molar-refractivity contribution is -0.131. The zero-order chi connectivity index (χ0) is 14.5. The van der Waals surface area contributed by atoms with Gasteiger partial charge in [-0.2, -0.15) is 5.10 Å². The highest BCUT2D eigenvalue weighted by atomic mass is 32.1. The highest BCUT2D eigenvalue weighted by Crippen LogP contribution is 2.22.